The van der Waals surface area contributed by atoms with Crippen LogP contribution in [0.3, 0.4) is 0 Å². The minimum Gasteiger partial charge on any atom is -0.490 e. The number of nitrogens with zero attached hydrogens (tertiary/aromatic N) is 2. The number of hydrogen-bond acceptors (Lipinski definition) is 4. The zero-order valence-electron chi connectivity index (χ0n) is 12.0. The number of hydrazone groups is 1. The van der Waals surface area contributed by atoms with E-state index < -0.39 is 0 Å². The summed E-state index contributed by atoms with van der Waals surface area (Å²) < 4.78 is 5.48. The van der Waals surface area contributed by atoms with E-state index in [9.17, 15) is 0 Å². The Morgan fingerprint density at radius 2 is 2.14 bits per heavy atom. The molecule has 0 atom stereocenters. The van der Waals surface area contributed by atoms with Gasteiger partial charge in [0.1, 0.15) is 12.4 Å². The Labute approximate surface area is 128 Å². The lowest BCUT2D eigenvalue weighted by atomic mass is 10.2. The standard InChI is InChI=1S/C17H16N4O/c1-2-10-22-14-7-5-6-13(11-14)12-18-21-17-19-15-8-3-4-9-16(15)20-17/h2-9,11-12H,1,10H2,(H2,19,20,21)/b18-12-. The van der Waals surface area contributed by atoms with Gasteiger partial charge in [-0.1, -0.05) is 36.9 Å². The van der Waals surface area contributed by atoms with E-state index in [2.05, 4.69) is 27.1 Å². The second-order valence-corrected chi connectivity index (χ2v) is 4.64. The van der Waals surface area contributed by atoms with Crippen LogP contribution in [0, 0.1) is 0 Å². The summed E-state index contributed by atoms with van der Waals surface area (Å²) in [4.78, 5) is 7.54. The molecule has 0 aliphatic carbocycles. The first kappa shape index (κ1) is 13.9. The summed E-state index contributed by atoms with van der Waals surface area (Å²) >= 11 is 0. The fourth-order valence-electron chi connectivity index (χ4n) is 2.01. The lowest BCUT2D eigenvalue weighted by Gasteiger charge is -2.03. The molecule has 0 aliphatic heterocycles. The Kier molecular flexibility index (Phi) is 4.15. The molecule has 1 heterocycles. The van der Waals surface area contributed by atoms with Gasteiger partial charge in [0.05, 0.1) is 17.2 Å². The highest BCUT2D eigenvalue weighted by atomic mass is 16.5. The third-order valence-corrected chi connectivity index (χ3v) is 3.00. The lowest BCUT2D eigenvalue weighted by Crippen LogP contribution is -1.95. The minimum atomic E-state index is 0.484. The molecule has 3 aromatic rings. The molecule has 0 saturated heterocycles. The molecule has 3 rings (SSSR count). The van der Waals surface area contributed by atoms with Gasteiger partial charge in [-0.25, -0.2) is 10.4 Å². The Morgan fingerprint density at radius 3 is 3.00 bits per heavy atom. The number of hydrogen-bond donors (Lipinski definition) is 2. The summed E-state index contributed by atoms with van der Waals surface area (Å²) in [6.07, 6.45) is 3.43. The van der Waals surface area contributed by atoms with Crippen molar-refractivity contribution in [2.24, 2.45) is 5.10 Å². The summed E-state index contributed by atoms with van der Waals surface area (Å²) in [6.45, 7) is 4.11. The summed E-state index contributed by atoms with van der Waals surface area (Å²) in [5.74, 6) is 1.39. The first-order valence-electron chi connectivity index (χ1n) is 6.93. The van der Waals surface area contributed by atoms with E-state index in [1.165, 1.54) is 0 Å². The van der Waals surface area contributed by atoms with Gasteiger partial charge in [0, 0.05) is 0 Å². The van der Waals surface area contributed by atoms with Gasteiger partial charge in [-0.05, 0) is 29.8 Å². The minimum absolute atomic E-state index is 0.484. The third kappa shape index (κ3) is 3.32. The van der Waals surface area contributed by atoms with Gasteiger partial charge in [0.2, 0.25) is 5.95 Å². The largest absolute Gasteiger partial charge is 0.490 e. The number of aromatic amines is 1. The SMILES string of the molecule is C=CCOc1cccc(/C=N\Nc2nc3ccccc3[nH]2)c1. The number of anilines is 1. The van der Waals surface area contributed by atoms with E-state index in [-0.39, 0.29) is 0 Å². The molecule has 2 aromatic carbocycles. The van der Waals surface area contributed by atoms with Crippen molar-refractivity contribution in [1.82, 2.24) is 9.97 Å². The second-order valence-electron chi connectivity index (χ2n) is 4.64. The van der Waals surface area contributed by atoms with Crippen LogP contribution in [0.5, 0.6) is 5.75 Å². The van der Waals surface area contributed by atoms with Crippen molar-refractivity contribution < 1.29 is 4.74 Å². The molecule has 0 radical (unpaired) electrons. The lowest BCUT2D eigenvalue weighted by molar-refractivity contribution is 0.363. The summed E-state index contributed by atoms with van der Waals surface area (Å²) in [6, 6.07) is 15.5. The number of H-pyrrole nitrogens is 1. The monoisotopic (exact) mass is 292 g/mol. The van der Waals surface area contributed by atoms with Crippen molar-refractivity contribution in [1.29, 1.82) is 0 Å². The number of rotatable bonds is 6. The van der Waals surface area contributed by atoms with Crippen molar-refractivity contribution in [3.63, 3.8) is 0 Å². The van der Waals surface area contributed by atoms with E-state index >= 15 is 0 Å². The fraction of sp³-hybridized carbons (Fsp3) is 0.0588. The number of ether oxygens (including phenoxy) is 1. The molecule has 0 spiro atoms. The predicted molar refractivity (Wildman–Crippen MR) is 89.4 cm³/mol. The summed E-state index contributed by atoms with van der Waals surface area (Å²) in [5, 5.41) is 4.18. The van der Waals surface area contributed by atoms with Crippen LogP contribution in [0.25, 0.3) is 11.0 Å². The van der Waals surface area contributed by atoms with Crippen LogP contribution in [0.1, 0.15) is 5.56 Å². The number of aromatic nitrogens is 2. The summed E-state index contributed by atoms with van der Waals surface area (Å²) in [5.41, 5.74) is 5.70. The molecule has 0 saturated carbocycles. The van der Waals surface area contributed by atoms with Crippen LogP contribution in [-0.4, -0.2) is 22.8 Å². The first-order chi connectivity index (χ1) is 10.8. The van der Waals surface area contributed by atoms with Crippen molar-refractivity contribution in [2.45, 2.75) is 0 Å². The molecular formula is C17H16N4O. The van der Waals surface area contributed by atoms with Gasteiger partial charge in [-0.2, -0.15) is 5.10 Å². The van der Waals surface area contributed by atoms with Crippen LogP contribution in [-0.2, 0) is 0 Å². The van der Waals surface area contributed by atoms with E-state index in [1.54, 1.807) is 12.3 Å². The molecule has 0 fully saturated rings. The van der Waals surface area contributed by atoms with Gasteiger partial charge in [-0.15, -0.1) is 0 Å². The molecule has 0 amide bonds. The molecule has 0 aliphatic rings. The second kappa shape index (κ2) is 6.58. The molecule has 2 N–H and O–H groups in total. The van der Waals surface area contributed by atoms with Gasteiger partial charge < -0.3 is 9.72 Å². The number of fused-ring (bicyclic) bond motifs is 1. The van der Waals surface area contributed by atoms with Gasteiger partial charge in [0.25, 0.3) is 0 Å². The number of benzene rings is 2. The zero-order chi connectivity index (χ0) is 15.2. The Morgan fingerprint density at radius 1 is 1.23 bits per heavy atom. The highest BCUT2D eigenvalue weighted by Gasteiger charge is 1.99. The molecule has 1 aromatic heterocycles. The fourth-order valence-corrected chi connectivity index (χ4v) is 2.01. The molecule has 0 bridgehead atoms. The van der Waals surface area contributed by atoms with Crippen LogP contribution < -0.4 is 10.2 Å². The maximum Gasteiger partial charge on any atom is 0.222 e. The van der Waals surface area contributed by atoms with Crippen LogP contribution in [0.4, 0.5) is 5.95 Å². The highest BCUT2D eigenvalue weighted by Crippen LogP contribution is 2.14. The quantitative estimate of drug-likeness (QED) is 0.415. The Bertz CT molecular complexity index is 774. The smallest absolute Gasteiger partial charge is 0.222 e. The third-order valence-electron chi connectivity index (χ3n) is 3.00. The molecule has 0 unspecified atom stereocenters. The normalized spacial score (nSPS) is 10.9. The highest BCUT2D eigenvalue weighted by molar-refractivity contribution is 5.81. The zero-order valence-corrected chi connectivity index (χ0v) is 12.0. The first-order valence-corrected chi connectivity index (χ1v) is 6.93. The van der Waals surface area contributed by atoms with Crippen LogP contribution in [0.15, 0.2) is 66.3 Å². The Balaban J connectivity index is 1.67. The molecule has 5 heteroatoms. The summed E-state index contributed by atoms with van der Waals surface area (Å²) in [7, 11) is 0. The van der Waals surface area contributed by atoms with Gasteiger partial charge in [0.15, 0.2) is 0 Å². The average Bonchev–Trinajstić information content (AvgIpc) is 2.96. The molecule has 22 heavy (non-hydrogen) atoms. The number of imidazole rings is 1. The van der Waals surface area contributed by atoms with Crippen LogP contribution >= 0.6 is 0 Å². The van der Waals surface area contributed by atoms with E-state index in [1.807, 2.05) is 48.5 Å². The van der Waals surface area contributed by atoms with E-state index in [4.69, 9.17) is 4.74 Å². The topological polar surface area (TPSA) is 62.3 Å². The molecule has 5 nitrogen and oxygen atoms in total. The van der Waals surface area contributed by atoms with Crippen LogP contribution in [0.2, 0.25) is 0 Å². The van der Waals surface area contributed by atoms with Gasteiger partial charge in [-0.3, -0.25) is 0 Å². The molecular weight excluding hydrogens is 276 g/mol. The van der Waals surface area contributed by atoms with E-state index in [0.29, 0.717) is 12.6 Å². The molecule has 110 valence electrons. The predicted octanol–water partition coefficient (Wildman–Crippen LogP) is 3.57. The maximum atomic E-state index is 5.48. The number of nitrogens with one attached hydrogen (secondary N) is 2. The van der Waals surface area contributed by atoms with Crippen molar-refractivity contribution in [3.05, 3.63) is 66.7 Å². The van der Waals surface area contributed by atoms with Gasteiger partial charge >= 0.3 is 0 Å². The maximum absolute atomic E-state index is 5.48. The number of para-hydroxylation sites is 2. The van der Waals surface area contributed by atoms with E-state index in [0.717, 1.165) is 22.3 Å². The van der Waals surface area contributed by atoms with Crippen molar-refractivity contribution in [3.8, 4) is 5.75 Å². The Hall–Kier alpha value is -3.08. The average molecular weight is 292 g/mol. The van der Waals surface area contributed by atoms with Crippen molar-refractivity contribution >= 4 is 23.2 Å². The van der Waals surface area contributed by atoms with Crippen molar-refractivity contribution in [2.75, 3.05) is 12.0 Å².